The van der Waals surface area contributed by atoms with E-state index in [1.54, 1.807) is 80.4 Å². The summed E-state index contributed by atoms with van der Waals surface area (Å²) in [5.74, 6) is -0.756. The SMILES string of the molecule is Cc1cc(CC(=O)Nc2cnn(C(C)(C)C)c2)cc(F)c1Oc1ccnc2ccc(S(=O)(=O)C(C)(C)c3ccccn3)cc12. The molecule has 0 aliphatic rings. The van der Waals surface area contributed by atoms with Crippen LogP contribution in [-0.2, 0) is 31.3 Å². The second-order valence-electron chi connectivity index (χ2n) is 12.1. The number of nitrogens with zero attached hydrogens (tertiary/aromatic N) is 4. The van der Waals surface area contributed by atoms with Crippen molar-refractivity contribution >= 4 is 32.3 Å². The summed E-state index contributed by atoms with van der Waals surface area (Å²) in [5, 5.41) is 7.48. The average Bonchev–Trinajstić information content (AvgIpc) is 3.44. The average molecular weight is 616 g/mol. The third-order valence-corrected chi connectivity index (χ3v) is 9.78. The number of pyridine rings is 2. The molecule has 3 heterocycles. The van der Waals surface area contributed by atoms with Crippen LogP contribution in [0.4, 0.5) is 10.1 Å². The Morgan fingerprint density at radius 2 is 1.77 bits per heavy atom. The number of nitrogens with one attached hydrogen (secondary N) is 1. The first-order valence-corrected chi connectivity index (χ1v) is 15.5. The Morgan fingerprint density at radius 1 is 1.00 bits per heavy atom. The lowest BCUT2D eigenvalue weighted by Crippen LogP contribution is -2.30. The predicted molar refractivity (Wildman–Crippen MR) is 167 cm³/mol. The number of hydrogen-bond acceptors (Lipinski definition) is 7. The summed E-state index contributed by atoms with van der Waals surface area (Å²) in [6.45, 7) is 10.9. The minimum absolute atomic E-state index is 0.0322. The number of hydrogen-bond donors (Lipinski definition) is 1. The molecule has 0 aliphatic carbocycles. The lowest BCUT2D eigenvalue weighted by molar-refractivity contribution is -0.115. The number of fused-ring (bicyclic) bond motifs is 1. The highest BCUT2D eigenvalue weighted by molar-refractivity contribution is 7.92. The molecule has 0 spiro atoms. The van der Waals surface area contributed by atoms with E-state index in [1.165, 1.54) is 24.4 Å². The molecule has 5 rings (SSSR count). The van der Waals surface area contributed by atoms with E-state index in [0.717, 1.165) is 0 Å². The molecule has 0 atom stereocenters. The van der Waals surface area contributed by atoms with Gasteiger partial charge in [-0.3, -0.25) is 19.4 Å². The molecule has 3 aromatic heterocycles. The highest BCUT2D eigenvalue weighted by Crippen LogP contribution is 2.38. The number of aromatic nitrogens is 4. The third kappa shape index (κ3) is 6.05. The topological polar surface area (TPSA) is 116 Å². The number of halogens is 1. The number of carbonyl (C=O) groups excluding carboxylic acids is 1. The molecule has 1 N–H and O–H groups in total. The summed E-state index contributed by atoms with van der Waals surface area (Å²) in [6, 6.07) is 14.2. The number of amides is 1. The molecule has 9 nitrogen and oxygen atoms in total. The van der Waals surface area contributed by atoms with E-state index < -0.39 is 20.4 Å². The zero-order valence-electron chi connectivity index (χ0n) is 25.4. The van der Waals surface area contributed by atoms with Crippen molar-refractivity contribution in [2.45, 2.75) is 63.1 Å². The van der Waals surface area contributed by atoms with Gasteiger partial charge >= 0.3 is 0 Å². The largest absolute Gasteiger partial charge is 0.453 e. The van der Waals surface area contributed by atoms with Gasteiger partial charge in [0.2, 0.25) is 5.91 Å². The van der Waals surface area contributed by atoms with Crippen LogP contribution in [0.25, 0.3) is 10.9 Å². The first-order chi connectivity index (χ1) is 20.7. The second-order valence-corrected chi connectivity index (χ2v) is 14.6. The normalized spacial score (nSPS) is 12.3. The minimum Gasteiger partial charge on any atom is -0.453 e. The molecule has 0 saturated carbocycles. The van der Waals surface area contributed by atoms with Gasteiger partial charge in [-0.25, -0.2) is 12.8 Å². The Kier molecular flexibility index (Phi) is 8.02. The molecule has 0 saturated heterocycles. The van der Waals surface area contributed by atoms with Crippen molar-refractivity contribution in [1.82, 2.24) is 19.7 Å². The maximum absolute atomic E-state index is 15.4. The molecular formula is C33H34FN5O4S. The third-order valence-electron chi connectivity index (χ3n) is 7.36. The Hall–Kier alpha value is -4.64. The van der Waals surface area contributed by atoms with Gasteiger partial charge in [-0.2, -0.15) is 5.10 Å². The van der Waals surface area contributed by atoms with Crippen molar-refractivity contribution in [3.05, 3.63) is 102 Å². The van der Waals surface area contributed by atoms with Crippen molar-refractivity contribution in [2.24, 2.45) is 0 Å². The highest BCUT2D eigenvalue weighted by atomic mass is 32.2. The Bertz CT molecular complexity index is 1940. The fraction of sp³-hybridized carbons (Fsp3) is 0.273. The molecule has 2 aromatic carbocycles. The van der Waals surface area contributed by atoms with Gasteiger partial charge in [0.05, 0.1) is 40.0 Å². The Morgan fingerprint density at radius 3 is 2.43 bits per heavy atom. The van der Waals surface area contributed by atoms with Crippen LogP contribution in [0.1, 0.15) is 51.4 Å². The fourth-order valence-electron chi connectivity index (χ4n) is 4.80. The lowest BCUT2D eigenvalue weighted by Gasteiger charge is -2.24. The number of carbonyl (C=O) groups is 1. The maximum atomic E-state index is 15.4. The molecular weight excluding hydrogens is 581 g/mol. The summed E-state index contributed by atoms with van der Waals surface area (Å²) >= 11 is 0. The quantitative estimate of drug-likeness (QED) is 0.206. The first kappa shape index (κ1) is 30.8. The molecule has 0 bridgehead atoms. The molecule has 44 heavy (non-hydrogen) atoms. The molecule has 228 valence electrons. The van der Waals surface area contributed by atoms with Crippen molar-refractivity contribution in [2.75, 3.05) is 5.32 Å². The zero-order valence-corrected chi connectivity index (χ0v) is 26.2. The second kappa shape index (κ2) is 11.5. The van der Waals surface area contributed by atoms with E-state index in [4.69, 9.17) is 4.74 Å². The van der Waals surface area contributed by atoms with E-state index >= 15 is 4.39 Å². The summed E-state index contributed by atoms with van der Waals surface area (Å²) in [4.78, 5) is 21.4. The van der Waals surface area contributed by atoms with Crippen LogP contribution in [0.2, 0.25) is 0 Å². The van der Waals surface area contributed by atoms with Gasteiger partial charge in [-0.1, -0.05) is 12.1 Å². The lowest BCUT2D eigenvalue weighted by atomic mass is 10.1. The number of sulfone groups is 1. The monoisotopic (exact) mass is 615 g/mol. The Balaban J connectivity index is 1.40. The van der Waals surface area contributed by atoms with Crippen LogP contribution in [-0.4, -0.2) is 34.1 Å². The fourth-order valence-corrected chi connectivity index (χ4v) is 6.30. The molecule has 5 aromatic rings. The standard InChI is InChI=1S/C33H34FN5O4S/c1-21-15-22(17-30(40)38-23-19-37-39(20-23)32(2,3)4)16-26(34)31(21)43-28-12-14-35-27-11-10-24(18-25(27)28)44(41,42)33(5,6)29-9-7-8-13-36-29/h7-16,18-20H,17H2,1-6H3,(H,38,40). The van der Waals surface area contributed by atoms with Crippen molar-refractivity contribution < 1.29 is 22.3 Å². The Labute approximate surface area is 256 Å². The molecule has 1 amide bonds. The molecule has 0 unspecified atom stereocenters. The van der Waals surface area contributed by atoms with Crippen molar-refractivity contribution in [3.63, 3.8) is 0 Å². The number of ether oxygens (including phenoxy) is 1. The van der Waals surface area contributed by atoms with Gasteiger partial charge in [-0.15, -0.1) is 0 Å². The summed E-state index contributed by atoms with van der Waals surface area (Å²) in [7, 11) is -3.90. The molecule has 11 heteroatoms. The highest BCUT2D eigenvalue weighted by Gasteiger charge is 2.39. The minimum atomic E-state index is -3.90. The van der Waals surface area contributed by atoms with Gasteiger partial charge in [-0.05, 0) is 95.1 Å². The van der Waals surface area contributed by atoms with Gasteiger partial charge in [0.25, 0.3) is 0 Å². The van der Waals surface area contributed by atoms with Crippen molar-refractivity contribution in [1.29, 1.82) is 0 Å². The van der Waals surface area contributed by atoms with Crippen LogP contribution in [0.3, 0.4) is 0 Å². The molecule has 0 aliphatic heterocycles. The van der Waals surface area contributed by atoms with E-state index in [-0.39, 0.29) is 34.3 Å². The number of benzene rings is 2. The number of rotatable bonds is 8. The van der Waals surface area contributed by atoms with E-state index in [0.29, 0.717) is 33.4 Å². The predicted octanol–water partition coefficient (Wildman–Crippen LogP) is 6.71. The van der Waals surface area contributed by atoms with Gasteiger partial charge in [0.15, 0.2) is 21.4 Å². The number of anilines is 1. The van der Waals surface area contributed by atoms with Gasteiger partial charge in [0.1, 0.15) is 10.5 Å². The van der Waals surface area contributed by atoms with Crippen LogP contribution in [0.5, 0.6) is 11.5 Å². The van der Waals surface area contributed by atoms with Crippen LogP contribution < -0.4 is 10.1 Å². The number of aryl methyl sites for hydroxylation is 1. The van der Waals surface area contributed by atoms with Crippen LogP contribution >= 0.6 is 0 Å². The van der Waals surface area contributed by atoms with Crippen LogP contribution in [0, 0.1) is 12.7 Å². The van der Waals surface area contributed by atoms with Gasteiger partial charge in [0, 0.05) is 24.0 Å². The van der Waals surface area contributed by atoms with Gasteiger partial charge < -0.3 is 10.1 Å². The van der Waals surface area contributed by atoms with E-state index in [2.05, 4.69) is 20.4 Å². The smallest absolute Gasteiger partial charge is 0.228 e. The molecule has 0 fully saturated rings. The summed E-state index contributed by atoms with van der Waals surface area (Å²) in [6.07, 6.45) is 6.33. The summed E-state index contributed by atoms with van der Waals surface area (Å²) in [5.41, 5.74) is 2.16. The summed E-state index contributed by atoms with van der Waals surface area (Å²) < 4.78 is 49.4. The van der Waals surface area contributed by atoms with Crippen molar-refractivity contribution in [3.8, 4) is 11.5 Å². The first-order valence-electron chi connectivity index (χ1n) is 14.0. The van der Waals surface area contributed by atoms with Crippen LogP contribution in [0.15, 0.2) is 84.3 Å². The van der Waals surface area contributed by atoms with E-state index in [1.807, 2.05) is 20.8 Å². The van der Waals surface area contributed by atoms with E-state index in [9.17, 15) is 13.2 Å². The maximum Gasteiger partial charge on any atom is 0.228 e. The zero-order chi connectivity index (χ0) is 31.9. The molecule has 0 radical (unpaired) electrons.